The summed E-state index contributed by atoms with van der Waals surface area (Å²) < 4.78 is 17.9. The summed E-state index contributed by atoms with van der Waals surface area (Å²) in [6, 6.07) is 8.30. The SMILES string of the molecule is CN=C(NCc1ccccc1OC1CCC1)N1CCOC(C2CCCO2)C1.I. The molecule has 156 valence electrons. The van der Waals surface area contributed by atoms with E-state index in [0.29, 0.717) is 19.3 Å². The van der Waals surface area contributed by atoms with Crippen molar-refractivity contribution in [1.29, 1.82) is 0 Å². The quantitative estimate of drug-likeness (QED) is 0.382. The monoisotopic (exact) mass is 501 g/mol. The lowest BCUT2D eigenvalue weighted by molar-refractivity contribution is -0.0817. The van der Waals surface area contributed by atoms with Gasteiger partial charge in [-0.05, 0) is 38.2 Å². The van der Waals surface area contributed by atoms with Crippen LogP contribution in [0.2, 0.25) is 0 Å². The van der Waals surface area contributed by atoms with E-state index in [0.717, 1.165) is 44.2 Å². The molecule has 28 heavy (non-hydrogen) atoms. The molecule has 6 nitrogen and oxygen atoms in total. The van der Waals surface area contributed by atoms with Crippen molar-refractivity contribution >= 4 is 29.9 Å². The number of benzene rings is 1. The normalized spacial score (nSPS) is 25.8. The van der Waals surface area contributed by atoms with Crippen molar-refractivity contribution in [2.75, 3.05) is 33.4 Å². The third-order valence-corrected chi connectivity index (χ3v) is 5.74. The lowest BCUT2D eigenvalue weighted by Crippen LogP contribution is -2.53. The van der Waals surface area contributed by atoms with Gasteiger partial charge in [0.2, 0.25) is 0 Å². The number of rotatable bonds is 5. The van der Waals surface area contributed by atoms with Gasteiger partial charge in [0.1, 0.15) is 11.9 Å². The topological polar surface area (TPSA) is 55.3 Å². The Labute approximate surface area is 185 Å². The van der Waals surface area contributed by atoms with E-state index in [1.54, 1.807) is 0 Å². The van der Waals surface area contributed by atoms with Crippen LogP contribution in [0.15, 0.2) is 29.3 Å². The number of nitrogens with zero attached hydrogens (tertiary/aromatic N) is 2. The van der Waals surface area contributed by atoms with E-state index in [9.17, 15) is 0 Å². The number of nitrogens with one attached hydrogen (secondary N) is 1. The van der Waals surface area contributed by atoms with Gasteiger partial charge in [0, 0.05) is 38.9 Å². The standard InChI is InChI=1S/C21H31N3O3.HI/c1-22-21(24-11-13-26-20(15-24)19-10-5-12-25-19)23-14-16-6-2-3-9-18(16)27-17-7-4-8-17;/h2-3,6,9,17,19-20H,4-5,7-8,10-15H2,1H3,(H,22,23);1H. The second kappa shape index (κ2) is 10.6. The fraction of sp³-hybridized carbons (Fsp3) is 0.667. The van der Waals surface area contributed by atoms with Gasteiger partial charge in [-0.3, -0.25) is 4.99 Å². The lowest BCUT2D eigenvalue weighted by Gasteiger charge is -2.37. The summed E-state index contributed by atoms with van der Waals surface area (Å²) in [5.74, 6) is 1.91. The van der Waals surface area contributed by atoms with Crippen LogP contribution in [0.5, 0.6) is 5.75 Å². The van der Waals surface area contributed by atoms with Crippen LogP contribution in [0.25, 0.3) is 0 Å². The third-order valence-electron chi connectivity index (χ3n) is 5.74. The minimum Gasteiger partial charge on any atom is -0.490 e. The van der Waals surface area contributed by atoms with Crippen molar-refractivity contribution < 1.29 is 14.2 Å². The number of hydrogen-bond acceptors (Lipinski definition) is 4. The largest absolute Gasteiger partial charge is 0.490 e. The first-order valence-corrected chi connectivity index (χ1v) is 10.3. The Kier molecular flexibility index (Phi) is 8.23. The van der Waals surface area contributed by atoms with Crippen molar-refractivity contribution in [3.05, 3.63) is 29.8 Å². The Hall–Kier alpha value is -1.06. The number of para-hydroxylation sites is 1. The van der Waals surface area contributed by atoms with E-state index in [4.69, 9.17) is 14.2 Å². The van der Waals surface area contributed by atoms with Gasteiger partial charge < -0.3 is 24.4 Å². The van der Waals surface area contributed by atoms with Crippen LogP contribution in [0, 0.1) is 0 Å². The summed E-state index contributed by atoms with van der Waals surface area (Å²) in [4.78, 5) is 6.78. The molecule has 1 saturated carbocycles. The Morgan fingerprint density at radius 1 is 1.14 bits per heavy atom. The molecule has 0 amide bonds. The zero-order valence-corrected chi connectivity index (χ0v) is 19.0. The predicted octanol–water partition coefficient (Wildman–Crippen LogP) is 3.19. The predicted molar refractivity (Wildman–Crippen MR) is 121 cm³/mol. The second-order valence-corrected chi connectivity index (χ2v) is 7.59. The summed E-state index contributed by atoms with van der Waals surface area (Å²) in [7, 11) is 1.84. The Balaban J connectivity index is 0.00000225. The minimum absolute atomic E-state index is 0. The Morgan fingerprint density at radius 3 is 2.68 bits per heavy atom. The molecular weight excluding hydrogens is 469 g/mol. The molecular formula is C21H32IN3O3. The first kappa shape index (κ1) is 21.6. The van der Waals surface area contributed by atoms with E-state index in [-0.39, 0.29) is 36.2 Å². The van der Waals surface area contributed by atoms with Crippen LogP contribution >= 0.6 is 24.0 Å². The molecule has 0 radical (unpaired) electrons. The molecule has 4 rings (SSSR count). The lowest BCUT2D eigenvalue weighted by atomic mass is 9.96. The Bertz CT molecular complexity index is 648. The van der Waals surface area contributed by atoms with Crippen LogP contribution in [-0.2, 0) is 16.0 Å². The molecule has 3 fully saturated rings. The molecule has 1 aliphatic carbocycles. The van der Waals surface area contributed by atoms with E-state index >= 15 is 0 Å². The molecule has 2 aliphatic heterocycles. The smallest absolute Gasteiger partial charge is 0.194 e. The highest BCUT2D eigenvalue weighted by Gasteiger charge is 2.32. The average molecular weight is 501 g/mol. The molecule has 1 N–H and O–H groups in total. The van der Waals surface area contributed by atoms with Gasteiger partial charge in [-0.2, -0.15) is 0 Å². The van der Waals surface area contributed by atoms with Crippen LogP contribution in [-0.4, -0.2) is 62.5 Å². The minimum atomic E-state index is 0. The molecule has 2 unspecified atom stereocenters. The number of aliphatic imine (C=N–C) groups is 1. The maximum Gasteiger partial charge on any atom is 0.194 e. The van der Waals surface area contributed by atoms with E-state index < -0.39 is 0 Å². The highest BCUT2D eigenvalue weighted by atomic mass is 127. The van der Waals surface area contributed by atoms with Gasteiger partial charge in [-0.1, -0.05) is 18.2 Å². The average Bonchev–Trinajstić information content (AvgIpc) is 3.21. The van der Waals surface area contributed by atoms with Crippen LogP contribution in [0.1, 0.15) is 37.7 Å². The van der Waals surface area contributed by atoms with E-state index in [1.807, 2.05) is 13.1 Å². The highest BCUT2D eigenvalue weighted by Crippen LogP contribution is 2.27. The highest BCUT2D eigenvalue weighted by molar-refractivity contribution is 14.0. The van der Waals surface area contributed by atoms with Crippen LogP contribution in [0.3, 0.4) is 0 Å². The van der Waals surface area contributed by atoms with Crippen molar-refractivity contribution in [3.8, 4) is 5.75 Å². The molecule has 2 heterocycles. The van der Waals surface area contributed by atoms with Crippen molar-refractivity contribution in [1.82, 2.24) is 10.2 Å². The van der Waals surface area contributed by atoms with Gasteiger partial charge >= 0.3 is 0 Å². The fourth-order valence-corrected chi connectivity index (χ4v) is 3.93. The second-order valence-electron chi connectivity index (χ2n) is 7.59. The number of ether oxygens (including phenoxy) is 3. The van der Waals surface area contributed by atoms with Crippen molar-refractivity contribution in [2.45, 2.75) is 57.0 Å². The van der Waals surface area contributed by atoms with Gasteiger partial charge in [0.15, 0.2) is 5.96 Å². The van der Waals surface area contributed by atoms with E-state index in [2.05, 4.69) is 33.4 Å². The summed E-state index contributed by atoms with van der Waals surface area (Å²) in [6.45, 7) is 3.95. The molecule has 1 aromatic rings. The zero-order valence-electron chi connectivity index (χ0n) is 16.6. The first-order valence-electron chi connectivity index (χ1n) is 10.3. The van der Waals surface area contributed by atoms with Gasteiger partial charge in [0.05, 0.1) is 18.8 Å². The number of halogens is 1. The first-order chi connectivity index (χ1) is 13.3. The Morgan fingerprint density at radius 2 is 1.96 bits per heavy atom. The van der Waals surface area contributed by atoms with E-state index in [1.165, 1.54) is 24.8 Å². The van der Waals surface area contributed by atoms with Gasteiger partial charge in [0.25, 0.3) is 0 Å². The third kappa shape index (κ3) is 5.30. The van der Waals surface area contributed by atoms with Gasteiger partial charge in [-0.25, -0.2) is 0 Å². The summed E-state index contributed by atoms with van der Waals surface area (Å²) in [5.41, 5.74) is 1.18. The molecule has 0 bridgehead atoms. The van der Waals surface area contributed by atoms with Crippen molar-refractivity contribution in [2.24, 2.45) is 4.99 Å². The molecule has 0 spiro atoms. The number of hydrogen-bond donors (Lipinski definition) is 1. The molecule has 0 aromatic heterocycles. The summed E-state index contributed by atoms with van der Waals surface area (Å²) >= 11 is 0. The van der Waals surface area contributed by atoms with Crippen molar-refractivity contribution in [3.63, 3.8) is 0 Å². The zero-order chi connectivity index (χ0) is 18.5. The van der Waals surface area contributed by atoms with Crippen LogP contribution in [0.4, 0.5) is 0 Å². The molecule has 7 heteroatoms. The summed E-state index contributed by atoms with van der Waals surface area (Å²) in [6.07, 6.45) is 6.59. The molecule has 2 saturated heterocycles. The maximum absolute atomic E-state index is 6.15. The number of guanidine groups is 1. The van der Waals surface area contributed by atoms with Gasteiger partial charge in [-0.15, -0.1) is 24.0 Å². The maximum atomic E-state index is 6.15. The molecule has 2 atom stereocenters. The summed E-state index contributed by atoms with van der Waals surface area (Å²) in [5, 5.41) is 3.52. The van der Waals surface area contributed by atoms with Crippen LogP contribution < -0.4 is 10.1 Å². The number of morpholine rings is 1. The molecule has 1 aromatic carbocycles. The fourth-order valence-electron chi connectivity index (χ4n) is 3.93. The molecule has 3 aliphatic rings.